The normalized spacial score (nSPS) is 11.8. The van der Waals surface area contributed by atoms with Crippen LogP contribution in [0.3, 0.4) is 0 Å². The van der Waals surface area contributed by atoms with Crippen molar-refractivity contribution in [2.75, 3.05) is 0 Å². The predicted octanol–water partition coefficient (Wildman–Crippen LogP) is 3.11. The highest BCUT2D eigenvalue weighted by Gasteiger charge is 2.08. The minimum atomic E-state index is 0.258. The summed E-state index contributed by atoms with van der Waals surface area (Å²) in [5.74, 6) is 0.258. The fourth-order valence-electron chi connectivity index (χ4n) is 1.65. The molecule has 0 fully saturated rings. The molecule has 1 atom stereocenters. The summed E-state index contributed by atoms with van der Waals surface area (Å²) < 4.78 is 0. The molecule has 1 aromatic heterocycles. The molecule has 2 heteroatoms. The van der Waals surface area contributed by atoms with Crippen LogP contribution in [0.2, 0.25) is 0 Å². The molecule has 0 aliphatic heterocycles. The van der Waals surface area contributed by atoms with Crippen LogP contribution in [0.25, 0.3) is 0 Å². The average Bonchev–Trinajstić information content (AvgIpc) is 2.39. The van der Waals surface area contributed by atoms with Crippen molar-refractivity contribution in [1.29, 1.82) is 5.26 Å². The molecular weight excluding hydrogens is 196 g/mol. The molecule has 0 amide bonds. The summed E-state index contributed by atoms with van der Waals surface area (Å²) in [5, 5.41) is 8.72. The third kappa shape index (κ3) is 2.09. The number of nitrogens with zero attached hydrogens (tertiary/aromatic N) is 2. The Kier molecular flexibility index (Phi) is 2.98. The first-order valence-corrected chi connectivity index (χ1v) is 5.22. The summed E-state index contributed by atoms with van der Waals surface area (Å²) in [4.78, 5) is 4.33. The van der Waals surface area contributed by atoms with E-state index in [2.05, 4.69) is 18.0 Å². The fourth-order valence-corrected chi connectivity index (χ4v) is 1.65. The Bertz CT molecular complexity index is 495. The number of pyridine rings is 1. The van der Waals surface area contributed by atoms with Crippen molar-refractivity contribution in [3.63, 3.8) is 0 Å². The number of rotatable bonds is 2. The van der Waals surface area contributed by atoms with Crippen LogP contribution in [0.1, 0.15) is 29.7 Å². The first-order chi connectivity index (χ1) is 7.81. The highest BCUT2D eigenvalue weighted by Crippen LogP contribution is 2.22. The van der Waals surface area contributed by atoms with E-state index in [4.69, 9.17) is 5.26 Å². The van der Waals surface area contributed by atoms with Gasteiger partial charge in [-0.1, -0.05) is 25.1 Å². The third-order valence-electron chi connectivity index (χ3n) is 2.67. The average molecular weight is 208 g/mol. The lowest BCUT2D eigenvalue weighted by atomic mass is 9.96. The summed E-state index contributed by atoms with van der Waals surface area (Å²) in [5.41, 5.74) is 2.92. The van der Waals surface area contributed by atoms with E-state index in [0.717, 1.165) is 5.69 Å². The van der Waals surface area contributed by atoms with Gasteiger partial charge in [0.15, 0.2) is 0 Å². The van der Waals surface area contributed by atoms with Crippen LogP contribution in [0.15, 0.2) is 48.7 Å². The zero-order valence-electron chi connectivity index (χ0n) is 9.09. The van der Waals surface area contributed by atoms with Crippen molar-refractivity contribution < 1.29 is 0 Å². The monoisotopic (exact) mass is 208 g/mol. The Balaban J connectivity index is 2.28. The summed E-state index contributed by atoms with van der Waals surface area (Å²) >= 11 is 0. The van der Waals surface area contributed by atoms with Gasteiger partial charge in [-0.15, -0.1) is 0 Å². The molecule has 2 aromatic rings. The van der Waals surface area contributed by atoms with Crippen LogP contribution in [0.5, 0.6) is 0 Å². The first-order valence-electron chi connectivity index (χ1n) is 5.22. The molecular formula is C14H12N2. The summed E-state index contributed by atoms with van der Waals surface area (Å²) in [6.45, 7) is 2.11. The predicted molar refractivity (Wildman–Crippen MR) is 62.9 cm³/mol. The maximum Gasteiger partial charge on any atom is 0.0991 e. The number of hydrogen-bond donors (Lipinski definition) is 0. The quantitative estimate of drug-likeness (QED) is 0.760. The van der Waals surface area contributed by atoms with Crippen molar-refractivity contribution in [2.24, 2.45) is 0 Å². The summed E-state index contributed by atoms with van der Waals surface area (Å²) in [7, 11) is 0. The molecule has 0 spiro atoms. The van der Waals surface area contributed by atoms with E-state index in [-0.39, 0.29) is 5.92 Å². The summed E-state index contributed by atoms with van der Waals surface area (Å²) in [6, 6.07) is 15.7. The van der Waals surface area contributed by atoms with Crippen molar-refractivity contribution >= 4 is 0 Å². The molecule has 0 aliphatic carbocycles. The molecule has 0 bridgehead atoms. The number of hydrogen-bond acceptors (Lipinski definition) is 2. The largest absolute Gasteiger partial charge is 0.261 e. The van der Waals surface area contributed by atoms with Gasteiger partial charge >= 0.3 is 0 Å². The van der Waals surface area contributed by atoms with Crippen LogP contribution in [0, 0.1) is 11.3 Å². The van der Waals surface area contributed by atoms with E-state index in [9.17, 15) is 0 Å². The fraction of sp³-hybridized carbons (Fsp3) is 0.143. The molecule has 2 nitrogen and oxygen atoms in total. The molecule has 0 radical (unpaired) electrons. The van der Waals surface area contributed by atoms with Gasteiger partial charge in [-0.2, -0.15) is 5.26 Å². The van der Waals surface area contributed by atoms with Gasteiger partial charge in [-0.3, -0.25) is 4.98 Å². The van der Waals surface area contributed by atoms with Crippen LogP contribution in [0.4, 0.5) is 0 Å². The van der Waals surface area contributed by atoms with Crippen LogP contribution >= 0.6 is 0 Å². The van der Waals surface area contributed by atoms with E-state index in [1.54, 1.807) is 6.20 Å². The van der Waals surface area contributed by atoms with Crippen LogP contribution in [-0.2, 0) is 0 Å². The molecule has 2 rings (SSSR count). The van der Waals surface area contributed by atoms with Gasteiger partial charge in [0, 0.05) is 17.8 Å². The minimum Gasteiger partial charge on any atom is -0.261 e. The lowest BCUT2D eigenvalue weighted by Gasteiger charge is -2.10. The van der Waals surface area contributed by atoms with Crippen molar-refractivity contribution in [3.8, 4) is 6.07 Å². The maximum atomic E-state index is 8.72. The zero-order chi connectivity index (χ0) is 11.4. The lowest BCUT2D eigenvalue weighted by molar-refractivity contribution is 0.871. The Labute approximate surface area is 95.2 Å². The Morgan fingerprint density at radius 3 is 2.44 bits per heavy atom. The highest BCUT2D eigenvalue weighted by molar-refractivity contribution is 5.35. The van der Waals surface area contributed by atoms with Crippen LogP contribution in [-0.4, -0.2) is 4.98 Å². The van der Waals surface area contributed by atoms with E-state index in [1.807, 2.05) is 42.5 Å². The van der Waals surface area contributed by atoms with Gasteiger partial charge in [0.1, 0.15) is 0 Å². The third-order valence-corrected chi connectivity index (χ3v) is 2.67. The molecule has 0 aliphatic rings. The summed E-state index contributed by atoms with van der Waals surface area (Å²) in [6.07, 6.45) is 1.80. The molecule has 1 heterocycles. The van der Waals surface area contributed by atoms with Crippen LogP contribution < -0.4 is 0 Å². The Hall–Kier alpha value is -2.14. The second kappa shape index (κ2) is 4.59. The topological polar surface area (TPSA) is 36.7 Å². The number of nitriles is 1. The smallest absolute Gasteiger partial charge is 0.0991 e. The van der Waals surface area contributed by atoms with E-state index in [1.165, 1.54) is 5.56 Å². The van der Waals surface area contributed by atoms with Crippen molar-refractivity contribution in [2.45, 2.75) is 12.8 Å². The number of benzene rings is 1. The molecule has 78 valence electrons. The Morgan fingerprint density at radius 1 is 1.12 bits per heavy atom. The van der Waals surface area contributed by atoms with Gasteiger partial charge in [0.2, 0.25) is 0 Å². The molecule has 0 N–H and O–H groups in total. The van der Waals surface area contributed by atoms with Gasteiger partial charge < -0.3 is 0 Å². The maximum absolute atomic E-state index is 8.72. The number of aromatic nitrogens is 1. The second-order valence-corrected chi connectivity index (χ2v) is 3.71. The molecule has 0 unspecified atom stereocenters. The van der Waals surface area contributed by atoms with Gasteiger partial charge in [-0.25, -0.2) is 0 Å². The first kappa shape index (κ1) is 10.4. The molecule has 1 aromatic carbocycles. The molecule has 0 saturated carbocycles. The lowest BCUT2D eigenvalue weighted by Crippen LogP contribution is -1.98. The second-order valence-electron chi connectivity index (χ2n) is 3.71. The Morgan fingerprint density at radius 2 is 1.88 bits per heavy atom. The van der Waals surface area contributed by atoms with Crippen molar-refractivity contribution in [3.05, 3.63) is 65.5 Å². The zero-order valence-corrected chi connectivity index (χ0v) is 9.09. The highest BCUT2D eigenvalue weighted by atomic mass is 14.7. The molecule has 0 saturated heterocycles. The minimum absolute atomic E-state index is 0.258. The van der Waals surface area contributed by atoms with E-state index in [0.29, 0.717) is 5.56 Å². The van der Waals surface area contributed by atoms with E-state index < -0.39 is 0 Å². The SMILES string of the molecule is C[C@@H](c1ccc(C#N)cc1)c1ccccn1. The van der Waals surface area contributed by atoms with Gasteiger partial charge in [0.25, 0.3) is 0 Å². The standard InChI is InChI=1S/C14H12N2/c1-11(14-4-2-3-9-16-14)13-7-5-12(10-15)6-8-13/h2-9,11H,1H3/t11-/m0/s1. The molecule has 16 heavy (non-hydrogen) atoms. The van der Waals surface area contributed by atoms with Gasteiger partial charge in [-0.05, 0) is 29.8 Å². The van der Waals surface area contributed by atoms with Gasteiger partial charge in [0.05, 0.1) is 11.6 Å². The van der Waals surface area contributed by atoms with Crippen molar-refractivity contribution in [1.82, 2.24) is 4.98 Å². The van der Waals surface area contributed by atoms with E-state index >= 15 is 0 Å².